The lowest BCUT2D eigenvalue weighted by molar-refractivity contribution is 1.50. The van der Waals surface area contributed by atoms with E-state index in [1.807, 2.05) is 39.0 Å². The normalized spacial score (nSPS) is 10.7. The number of rotatable bonds is 3. The maximum Gasteiger partial charge on any atom is 0.0473 e. The van der Waals surface area contributed by atoms with Gasteiger partial charge in [-0.05, 0) is 12.5 Å². The van der Waals surface area contributed by atoms with Gasteiger partial charge in [0.15, 0.2) is 0 Å². The van der Waals surface area contributed by atoms with E-state index in [0.717, 1.165) is 5.57 Å². The van der Waals surface area contributed by atoms with Gasteiger partial charge in [0.1, 0.15) is 0 Å². The SMILES string of the molecule is C=C/C=C(\C=C/C)CCl.CC. The molecule has 0 aromatic heterocycles. The number of hydrogen-bond donors (Lipinski definition) is 0. The Morgan fingerprint density at radius 3 is 2.27 bits per heavy atom. The van der Waals surface area contributed by atoms with Crippen LogP contribution in [-0.2, 0) is 0 Å². The van der Waals surface area contributed by atoms with Gasteiger partial charge in [0.25, 0.3) is 0 Å². The Bertz CT molecular complexity index is 132. The molecular formula is C10H17Cl. The van der Waals surface area contributed by atoms with Gasteiger partial charge in [-0.15, -0.1) is 11.6 Å². The standard InChI is InChI=1S/C8H11Cl.C2H6/c1-3-5-8(7-9)6-4-2;1-2/h3-6H,1,7H2,2H3;1-2H3/b6-4-,8-5+;. The zero-order chi connectivity index (χ0) is 9.11. The highest BCUT2D eigenvalue weighted by Crippen LogP contribution is 1.99. The number of hydrogen-bond acceptors (Lipinski definition) is 0. The van der Waals surface area contributed by atoms with E-state index >= 15 is 0 Å². The Morgan fingerprint density at radius 1 is 1.45 bits per heavy atom. The van der Waals surface area contributed by atoms with Crippen LogP contribution >= 0.6 is 11.6 Å². The Balaban J connectivity index is 0. The summed E-state index contributed by atoms with van der Waals surface area (Å²) in [5.74, 6) is 0.552. The minimum atomic E-state index is 0.552. The summed E-state index contributed by atoms with van der Waals surface area (Å²) >= 11 is 5.56. The second-order valence-corrected chi connectivity index (χ2v) is 1.88. The molecule has 0 rings (SSSR count). The largest absolute Gasteiger partial charge is 0.122 e. The summed E-state index contributed by atoms with van der Waals surface area (Å²) in [6, 6.07) is 0. The third kappa shape index (κ3) is 9.51. The first-order chi connectivity index (χ1) is 5.35. The number of alkyl halides is 1. The van der Waals surface area contributed by atoms with Crippen LogP contribution in [0.15, 0.2) is 36.5 Å². The molecule has 0 saturated heterocycles. The van der Waals surface area contributed by atoms with Crippen molar-refractivity contribution in [2.75, 3.05) is 5.88 Å². The monoisotopic (exact) mass is 172 g/mol. The Labute approximate surface area is 75.3 Å². The molecule has 0 aliphatic heterocycles. The topological polar surface area (TPSA) is 0 Å². The van der Waals surface area contributed by atoms with Gasteiger partial charge in [0.2, 0.25) is 0 Å². The molecule has 0 aromatic rings. The molecule has 0 atom stereocenters. The van der Waals surface area contributed by atoms with Gasteiger partial charge in [0, 0.05) is 5.88 Å². The van der Waals surface area contributed by atoms with E-state index in [9.17, 15) is 0 Å². The zero-order valence-corrected chi connectivity index (χ0v) is 8.36. The second kappa shape index (κ2) is 12.2. The lowest BCUT2D eigenvalue weighted by Crippen LogP contribution is -1.75. The van der Waals surface area contributed by atoms with Gasteiger partial charge >= 0.3 is 0 Å². The first-order valence-electron chi connectivity index (χ1n) is 3.85. The summed E-state index contributed by atoms with van der Waals surface area (Å²) in [5.41, 5.74) is 1.09. The van der Waals surface area contributed by atoms with E-state index in [0.29, 0.717) is 5.88 Å². The molecule has 0 N–H and O–H groups in total. The van der Waals surface area contributed by atoms with E-state index in [2.05, 4.69) is 6.58 Å². The molecule has 0 aliphatic rings. The van der Waals surface area contributed by atoms with Gasteiger partial charge in [-0.25, -0.2) is 0 Å². The lowest BCUT2D eigenvalue weighted by atomic mass is 10.2. The van der Waals surface area contributed by atoms with Crippen molar-refractivity contribution in [1.29, 1.82) is 0 Å². The van der Waals surface area contributed by atoms with Crippen LogP contribution in [0, 0.1) is 0 Å². The molecule has 0 nitrogen and oxygen atoms in total. The van der Waals surface area contributed by atoms with E-state index in [-0.39, 0.29) is 0 Å². The molecule has 0 unspecified atom stereocenters. The molecule has 0 heterocycles. The van der Waals surface area contributed by atoms with Crippen LogP contribution in [0.5, 0.6) is 0 Å². The van der Waals surface area contributed by atoms with E-state index in [1.54, 1.807) is 6.08 Å². The van der Waals surface area contributed by atoms with Crippen LogP contribution in [-0.4, -0.2) is 5.88 Å². The van der Waals surface area contributed by atoms with Crippen LogP contribution in [0.3, 0.4) is 0 Å². The fourth-order valence-corrected chi connectivity index (χ4v) is 0.688. The van der Waals surface area contributed by atoms with Crippen LogP contribution < -0.4 is 0 Å². The number of allylic oxidation sites excluding steroid dienone is 5. The maximum absolute atomic E-state index is 5.56. The zero-order valence-electron chi connectivity index (χ0n) is 7.60. The van der Waals surface area contributed by atoms with Crippen LogP contribution in [0.2, 0.25) is 0 Å². The lowest BCUT2D eigenvalue weighted by Gasteiger charge is -1.89. The average Bonchev–Trinajstić information content (AvgIpc) is 2.08. The first-order valence-corrected chi connectivity index (χ1v) is 4.38. The predicted molar refractivity (Wildman–Crippen MR) is 55.2 cm³/mol. The Hall–Kier alpha value is -0.490. The minimum Gasteiger partial charge on any atom is -0.122 e. The summed E-state index contributed by atoms with van der Waals surface area (Å²) in [7, 11) is 0. The van der Waals surface area contributed by atoms with E-state index in [1.165, 1.54) is 0 Å². The minimum absolute atomic E-state index is 0.552. The fourth-order valence-electron chi connectivity index (χ4n) is 0.510. The summed E-state index contributed by atoms with van der Waals surface area (Å²) < 4.78 is 0. The molecule has 0 radical (unpaired) electrons. The van der Waals surface area contributed by atoms with Crippen molar-refractivity contribution >= 4 is 11.6 Å². The van der Waals surface area contributed by atoms with Gasteiger partial charge < -0.3 is 0 Å². The molecule has 1 heteroatoms. The maximum atomic E-state index is 5.56. The summed E-state index contributed by atoms with van der Waals surface area (Å²) in [6.45, 7) is 9.52. The van der Waals surface area contributed by atoms with Crippen molar-refractivity contribution in [3.8, 4) is 0 Å². The van der Waals surface area contributed by atoms with Crippen molar-refractivity contribution in [3.63, 3.8) is 0 Å². The molecule has 0 spiro atoms. The highest BCUT2D eigenvalue weighted by atomic mass is 35.5. The quantitative estimate of drug-likeness (QED) is 0.447. The van der Waals surface area contributed by atoms with Crippen molar-refractivity contribution in [2.24, 2.45) is 0 Å². The molecule has 0 fully saturated rings. The summed E-state index contributed by atoms with van der Waals surface area (Å²) in [4.78, 5) is 0. The molecule has 64 valence electrons. The Kier molecular flexibility index (Phi) is 14.6. The highest BCUT2D eigenvalue weighted by Gasteiger charge is 1.82. The molecule has 0 aromatic carbocycles. The predicted octanol–water partition coefficient (Wildman–Crippen LogP) is 3.94. The molecule has 0 bridgehead atoms. The van der Waals surface area contributed by atoms with Crippen molar-refractivity contribution < 1.29 is 0 Å². The van der Waals surface area contributed by atoms with Crippen LogP contribution in [0.1, 0.15) is 20.8 Å². The molecular weight excluding hydrogens is 156 g/mol. The fraction of sp³-hybridized carbons (Fsp3) is 0.400. The molecule has 11 heavy (non-hydrogen) atoms. The smallest absolute Gasteiger partial charge is 0.0473 e. The van der Waals surface area contributed by atoms with Crippen LogP contribution in [0.25, 0.3) is 0 Å². The summed E-state index contributed by atoms with van der Waals surface area (Å²) in [5, 5.41) is 0. The number of halogens is 1. The first kappa shape index (κ1) is 13.1. The van der Waals surface area contributed by atoms with Gasteiger partial charge in [-0.3, -0.25) is 0 Å². The van der Waals surface area contributed by atoms with Crippen molar-refractivity contribution in [3.05, 3.63) is 36.5 Å². The van der Waals surface area contributed by atoms with Gasteiger partial charge in [-0.1, -0.05) is 44.7 Å². The van der Waals surface area contributed by atoms with Crippen molar-refractivity contribution in [1.82, 2.24) is 0 Å². The van der Waals surface area contributed by atoms with E-state index in [4.69, 9.17) is 11.6 Å². The highest BCUT2D eigenvalue weighted by molar-refractivity contribution is 6.19. The molecule has 0 amide bonds. The third-order valence-corrected chi connectivity index (χ3v) is 1.18. The van der Waals surface area contributed by atoms with E-state index < -0.39 is 0 Å². The van der Waals surface area contributed by atoms with Gasteiger partial charge in [-0.2, -0.15) is 0 Å². The van der Waals surface area contributed by atoms with Crippen molar-refractivity contribution in [2.45, 2.75) is 20.8 Å². The summed E-state index contributed by atoms with van der Waals surface area (Å²) in [6.07, 6.45) is 7.55. The average molecular weight is 173 g/mol. The molecule has 0 saturated carbocycles. The third-order valence-electron chi connectivity index (χ3n) is 0.867. The molecule has 0 aliphatic carbocycles. The van der Waals surface area contributed by atoms with Crippen LogP contribution in [0.4, 0.5) is 0 Å². The van der Waals surface area contributed by atoms with Gasteiger partial charge in [0.05, 0.1) is 0 Å². The second-order valence-electron chi connectivity index (χ2n) is 1.61. The Morgan fingerprint density at radius 2 is 2.00 bits per heavy atom.